The van der Waals surface area contributed by atoms with Crippen LogP contribution in [0, 0.1) is 0 Å². The van der Waals surface area contributed by atoms with E-state index in [2.05, 4.69) is 29.1 Å². The smallest absolute Gasteiger partial charge is 0.251 e. The van der Waals surface area contributed by atoms with E-state index in [1.165, 1.54) is 19.3 Å². The summed E-state index contributed by atoms with van der Waals surface area (Å²) < 4.78 is 0. The molecule has 5 nitrogen and oxygen atoms in total. The zero-order chi connectivity index (χ0) is 18.8. The molecule has 152 valence electrons. The van der Waals surface area contributed by atoms with Crippen molar-refractivity contribution >= 4 is 47.6 Å². The number of nitrogens with one attached hydrogen (secondary N) is 3. The van der Waals surface area contributed by atoms with Crippen molar-refractivity contribution in [3.05, 3.63) is 35.4 Å². The highest BCUT2D eigenvalue weighted by molar-refractivity contribution is 14.0. The standard InChI is InChI=1S/C20H32N4OS.HI/c1-4-11-22-19(25)16-8-6-7-15(12-16)14-23-20(21-5-2)24-17-9-10-18(13-17)26-3;/h6-8,12,17-18H,4-5,9-11,13-14H2,1-3H3,(H,22,25)(H2,21,23,24);1H. The van der Waals surface area contributed by atoms with Crippen LogP contribution in [0.3, 0.4) is 0 Å². The maximum absolute atomic E-state index is 12.1. The first-order chi connectivity index (χ1) is 12.7. The maximum atomic E-state index is 12.1. The zero-order valence-corrected chi connectivity index (χ0v) is 19.7. The van der Waals surface area contributed by atoms with Crippen LogP contribution in [-0.4, -0.2) is 42.5 Å². The predicted octanol–water partition coefficient (Wildman–Crippen LogP) is 3.78. The molecule has 27 heavy (non-hydrogen) atoms. The lowest BCUT2D eigenvalue weighted by atomic mass is 10.1. The number of hydrogen-bond donors (Lipinski definition) is 3. The quantitative estimate of drug-likeness (QED) is 0.287. The van der Waals surface area contributed by atoms with Gasteiger partial charge in [0.1, 0.15) is 0 Å². The van der Waals surface area contributed by atoms with Crippen molar-refractivity contribution in [2.45, 2.75) is 57.4 Å². The van der Waals surface area contributed by atoms with Crippen LogP contribution in [0.25, 0.3) is 0 Å². The van der Waals surface area contributed by atoms with E-state index in [-0.39, 0.29) is 29.9 Å². The number of aliphatic imine (C=N–C) groups is 1. The second-order valence-corrected chi connectivity index (χ2v) is 7.80. The van der Waals surface area contributed by atoms with Gasteiger partial charge in [0.05, 0.1) is 6.54 Å². The van der Waals surface area contributed by atoms with Crippen LogP contribution in [0.1, 0.15) is 55.5 Å². The first-order valence-electron chi connectivity index (χ1n) is 9.61. The molecule has 2 rings (SSSR count). The molecule has 1 fully saturated rings. The lowest BCUT2D eigenvalue weighted by Gasteiger charge is -2.17. The SMILES string of the molecule is CCCNC(=O)c1cccc(CN=C(NCC)NC2CCC(SC)C2)c1.I. The number of nitrogens with zero attached hydrogens (tertiary/aromatic N) is 1. The summed E-state index contributed by atoms with van der Waals surface area (Å²) in [6.45, 7) is 6.22. The van der Waals surface area contributed by atoms with Gasteiger partial charge in [0.15, 0.2) is 5.96 Å². The van der Waals surface area contributed by atoms with Gasteiger partial charge in [-0.15, -0.1) is 24.0 Å². The van der Waals surface area contributed by atoms with Gasteiger partial charge >= 0.3 is 0 Å². The lowest BCUT2D eigenvalue weighted by molar-refractivity contribution is 0.0953. The zero-order valence-electron chi connectivity index (χ0n) is 16.6. The highest BCUT2D eigenvalue weighted by Gasteiger charge is 2.24. The second kappa shape index (κ2) is 13.3. The normalized spacial score (nSPS) is 19.3. The summed E-state index contributed by atoms with van der Waals surface area (Å²) in [4.78, 5) is 16.8. The van der Waals surface area contributed by atoms with E-state index in [4.69, 9.17) is 4.99 Å². The van der Waals surface area contributed by atoms with Crippen molar-refractivity contribution in [1.29, 1.82) is 0 Å². The van der Waals surface area contributed by atoms with Gasteiger partial charge in [-0.25, -0.2) is 4.99 Å². The largest absolute Gasteiger partial charge is 0.357 e. The highest BCUT2D eigenvalue weighted by Crippen LogP contribution is 2.28. The molecule has 1 aromatic rings. The van der Waals surface area contributed by atoms with Crippen LogP contribution >= 0.6 is 35.7 Å². The molecule has 1 aromatic carbocycles. The van der Waals surface area contributed by atoms with E-state index < -0.39 is 0 Å². The van der Waals surface area contributed by atoms with E-state index in [1.807, 2.05) is 43.0 Å². The molecule has 1 aliphatic carbocycles. The predicted molar refractivity (Wildman–Crippen MR) is 127 cm³/mol. The number of rotatable bonds is 8. The van der Waals surface area contributed by atoms with Crippen LogP contribution < -0.4 is 16.0 Å². The van der Waals surface area contributed by atoms with Gasteiger partial charge in [-0.3, -0.25) is 4.79 Å². The summed E-state index contributed by atoms with van der Waals surface area (Å²) in [5.74, 6) is 0.844. The summed E-state index contributed by atoms with van der Waals surface area (Å²) in [6, 6.07) is 8.21. The number of hydrogen-bond acceptors (Lipinski definition) is 3. The number of benzene rings is 1. The molecule has 2 unspecified atom stereocenters. The molecule has 0 bridgehead atoms. The second-order valence-electron chi connectivity index (χ2n) is 6.66. The number of carbonyl (C=O) groups excluding carboxylic acids is 1. The lowest BCUT2D eigenvalue weighted by Crippen LogP contribution is -2.42. The average Bonchev–Trinajstić information content (AvgIpc) is 3.12. The monoisotopic (exact) mass is 504 g/mol. The molecule has 0 aliphatic heterocycles. The van der Waals surface area contributed by atoms with Gasteiger partial charge in [-0.1, -0.05) is 19.1 Å². The van der Waals surface area contributed by atoms with Crippen LogP contribution in [0.5, 0.6) is 0 Å². The topological polar surface area (TPSA) is 65.5 Å². The number of carbonyl (C=O) groups is 1. The Morgan fingerprint density at radius 3 is 2.74 bits per heavy atom. The number of amides is 1. The van der Waals surface area contributed by atoms with Gasteiger partial charge in [-0.2, -0.15) is 11.8 Å². The van der Waals surface area contributed by atoms with Crippen molar-refractivity contribution in [2.75, 3.05) is 19.3 Å². The highest BCUT2D eigenvalue weighted by atomic mass is 127. The summed E-state index contributed by atoms with van der Waals surface area (Å²) >= 11 is 1.96. The molecule has 1 saturated carbocycles. The summed E-state index contributed by atoms with van der Waals surface area (Å²) in [7, 11) is 0. The summed E-state index contributed by atoms with van der Waals surface area (Å²) in [5.41, 5.74) is 1.74. The Bertz CT molecular complexity index is 611. The Balaban J connectivity index is 0.00000364. The van der Waals surface area contributed by atoms with E-state index in [9.17, 15) is 4.79 Å². The van der Waals surface area contributed by atoms with Gasteiger partial charge in [-0.05, 0) is 56.6 Å². The van der Waals surface area contributed by atoms with Crippen molar-refractivity contribution < 1.29 is 4.79 Å². The number of thioether (sulfide) groups is 1. The minimum atomic E-state index is -0.0169. The molecular weight excluding hydrogens is 471 g/mol. The van der Waals surface area contributed by atoms with E-state index in [0.717, 1.165) is 29.7 Å². The van der Waals surface area contributed by atoms with Gasteiger partial charge in [0, 0.05) is 29.9 Å². The van der Waals surface area contributed by atoms with Gasteiger partial charge in [0.2, 0.25) is 0 Å². The van der Waals surface area contributed by atoms with Crippen molar-refractivity contribution in [3.63, 3.8) is 0 Å². The van der Waals surface area contributed by atoms with Crippen molar-refractivity contribution in [1.82, 2.24) is 16.0 Å². The molecule has 2 atom stereocenters. The summed E-state index contributed by atoms with van der Waals surface area (Å²) in [6.07, 6.45) is 6.79. The fourth-order valence-corrected chi connectivity index (χ4v) is 3.92. The third kappa shape index (κ3) is 8.29. The maximum Gasteiger partial charge on any atom is 0.251 e. The third-order valence-corrected chi connectivity index (χ3v) is 5.64. The molecule has 3 N–H and O–H groups in total. The third-order valence-electron chi connectivity index (χ3n) is 4.55. The number of halogens is 1. The van der Waals surface area contributed by atoms with E-state index in [1.54, 1.807) is 0 Å². The Hall–Kier alpha value is -0.960. The number of guanidine groups is 1. The Morgan fingerprint density at radius 1 is 1.26 bits per heavy atom. The molecule has 1 amide bonds. The molecule has 0 heterocycles. The molecule has 0 saturated heterocycles. The van der Waals surface area contributed by atoms with Crippen LogP contribution in [-0.2, 0) is 6.54 Å². The van der Waals surface area contributed by atoms with Crippen molar-refractivity contribution in [3.8, 4) is 0 Å². The molecule has 0 spiro atoms. The fraction of sp³-hybridized carbons (Fsp3) is 0.600. The molecule has 0 radical (unpaired) electrons. The Kier molecular flexibility index (Phi) is 11.8. The minimum Gasteiger partial charge on any atom is -0.357 e. The first kappa shape index (κ1) is 24.1. The van der Waals surface area contributed by atoms with Crippen LogP contribution in [0.2, 0.25) is 0 Å². The fourth-order valence-electron chi connectivity index (χ4n) is 3.12. The summed E-state index contributed by atoms with van der Waals surface area (Å²) in [5, 5.41) is 10.6. The molecule has 1 aliphatic rings. The van der Waals surface area contributed by atoms with Gasteiger partial charge < -0.3 is 16.0 Å². The van der Waals surface area contributed by atoms with Crippen LogP contribution in [0.4, 0.5) is 0 Å². The van der Waals surface area contributed by atoms with Crippen molar-refractivity contribution in [2.24, 2.45) is 4.99 Å². The molecule has 0 aromatic heterocycles. The van der Waals surface area contributed by atoms with E-state index >= 15 is 0 Å². The Morgan fingerprint density at radius 2 is 2.07 bits per heavy atom. The average molecular weight is 504 g/mol. The molecule has 7 heteroatoms. The minimum absolute atomic E-state index is 0. The Labute approximate surface area is 185 Å². The van der Waals surface area contributed by atoms with Gasteiger partial charge in [0.25, 0.3) is 5.91 Å². The van der Waals surface area contributed by atoms with E-state index in [0.29, 0.717) is 24.7 Å². The first-order valence-corrected chi connectivity index (χ1v) is 10.9. The molecular formula is C20H33IN4OS. The van der Waals surface area contributed by atoms with Crippen LogP contribution in [0.15, 0.2) is 29.3 Å².